The second-order valence-corrected chi connectivity index (χ2v) is 5.03. The maximum Gasteiger partial charge on any atom is 0.371 e. The minimum atomic E-state index is -1.05. The minimum absolute atomic E-state index is 0.0387. The molecule has 0 radical (unpaired) electrons. The maximum absolute atomic E-state index is 10.7. The molecule has 0 saturated carbocycles. The van der Waals surface area contributed by atoms with E-state index in [-0.39, 0.29) is 11.8 Å². The summed E-state index contributed by atoms with van der Waals surface area (Å²) in [6, 6.07) is 3.08. The SMILES string of the molecule is Cc1nc(CNC(C)c2ccc(C(=O)O)o2)cs1. The molecule has 2 aromatic heterocycles. The van der Waals surface area contributed by atoms with Crippen LogP contribution in [0.1, 0.15) is 40.0 Å². The average molecular weight is 266 g/mol. The number of aromatic nitrogens is 1. The van der Waals surface area contributed by atoms with Crippen molar-refractivity contribution >= 4 is 17.3 Å². The van der Waals surface area contributed by atoms with E-state index in [2.05, 4.69) is 10.3 Å². The quantitative estimate of drug-likeness (QED) is 0.870. The first kappa shape index (κ1) is 12.8. The van der Waals surface area contributed by atoms with Crippen molar-refractivity contribution in [3.8, 4) is 0 Å². The summed E-state index contributed by atoms with van der Waals surface area (Å²) < 4.78 is 5.22. The number of thiazole rings is 1. The molecular weight excluding hydrogens is 252 g/mol. The molecule has 96 valence electrons. The molecule has 0 saturated heterocycles. The van der Waals surface area contributed by atoms with Crippen LogP contribution in [0.3, 0.4) is 0 Å². The summed E-state index contributed by atoms with van der Waals surface area (Å²) in [5.74, 6) is -0.480. The number of nitrogens with zero attached hydrogens (tertiary/aromatic N) is 1. The van der Waals surface area contributed by atoms with Gasteiger partial charge < -0.3 is 14.8 Å². The lowest BCUT2D eigenvalue weighted by molar-refractivity contribution is 0.0659. The van der Waals surface area contributed by atoms with Crippen LogP contribution >= 0.6 is 11.3 Å². The molecule has 0 amide bonds. The lowest BCUT2D eigenvalue weighted by Crippen LogP contribution is -2.17. The van der Waals surface area contributed by atoms with Gasteiger partial charge in [-0.2, -0.15) is 0 Å². The fourth-order valence-corrected chi connectivity index (χ4v) is 2.16. The Balaban J connectivity index is 1.94. The highest BCUT2D eigenvalue weighted by Crippen LogP contribution is 2.17. The Morgan fingerprint density at radius 2 is 2.39 bits per heavy atom. The van der Waals surface area contributed by atoms with Crippen molar-refractivity contribution in [2.24, 2.45) is 0 Å². The van der Waals surface area contributed by atoms with Gasteiger partial charge in [-0.3, -0.25) is 0 Å². The number of carboxylic acid groups (broad SMARTS) is 1. The molecule has 0 spiro atoms. The number of aromatic carboxylic acids is 1. The Kier molecular flexibility index (Phi) is 3.78. The third-order valence-corrected chi connectivity index (χ3v) is 3.34. The predicted octanol–water partition coefficient (Wildman–Crippen LogP) is 2.59. The lowest BCUT2D eigenvalue weighted by atomic mass is 10.2. The monoisotopic (exact) mass is 266 g/mol. The molecule has 0 aliphatic heterocycles. The molecule has 0 aliphatic rings. The normalized spacial score (nSPS) is 12.6. The van der Waals surface area contributed by atoms with Gasteiger partial charge in [0.2, 0.25) is 5.76 Å². The molecule has 2 rings (SSSR count). The van der Waals surface area contributed by atoms with Crippen molar-refractivity contribution in [1.29, 1.82) is 0 Å². The molecule has 2 N–H and O–H groups in total. The summed E-state index contributed by atoms with van der Waals surface area (Å²) in [6.45, 7) is 4.52. The predicted molar refractivity (Wildman–Crippen MR) is 67.8 cm³/mol. The highest BCUT2D eigenvalue weighted by atomic mass is 32.1. The van der Waals surface area contributed by atoms with Crippen LogP contribution in [0.15, 0.2) is 21.9 Å². The summed E-state index contributed by atoms with van der Waals surface area (Å²) >= 11 is 1.61. The molecule has 5 nitrogen and oxygen atoms in total. The fourth-order valence-electron chi connectivity index (χ4n) is 1.55. The van der Waals surface area contributed by atoms with Gasteiger partial charge in [-0.1, -0.05) is 0 Å². The number of carbonyl (C=O) groups is 1. The van der Waals surface area contributed by atoms with E-state index in [4.69, 9.17) is 9.52 Å². The van der Waals surface area contributed by atoms with Crippen molar-refractivity contribution in [2.45, 2.75) is 26.4 Å². The van der Waals surface area contributed by atoms with Crippen LogP contribution in [-0.2, 0) is 6.54 Å². The first-order valence-electron chi connectivity index (χ1n) is 5.53. The zero-order valence-corrected chi connectivity index (χ0v) is 11.0. The highest BCUT2D eigenvalue weighted by Gasteiger charge is 2.14. The van der Waals surface area contributed by atoms with Gasteiger partial charge in [0.15, 0.2) is 0 Å². The third-order valence-electron chi connectivity index (χ3n) is 2.52. The maximum atomic E-state index is 10.7. The number of hydrogen-bond donors (Lipinski definition) is 2. The largest absolute Gasteiger partial charge is 0.475 e. The number of nitrogens with one attached hydrogen (secondary N) is 1. The summed E-state index contributed by atoms with van der Waals surface area (Å²) in [7, 11) is 0. The van der Waals surface area contributed by atoms with E-state index in [1.165, 1.54) is 6.07 Å². The number of aryl methyl sites for hydroxylation is 1. The van der Waals surface area contributed by atoms with E-state index in [1.54, 1.807) is 17.4 Å². The van der Waals surface area contributed by atoms with Crippen LogP contribution in [0.25, 0.3) is 0 Å². The molecule has 0 fully saturated rings. The minimum Gasteiger partial charge on any atom is -0.475 e. The topological polar surface area (TPSA) is 75.4 Å². The Bertz CT molecular complexity index is 547. The van der Waals surface area contributed by atoms with E-state index in [1.807, 2.05) is 19.2 Å². The van der Waals surface area contributed by atoms with Gasteiger partial charge in [0.1, 0.15) is 5.76 Å². The van der Waals surface area contributed by atoms with Crippen molar-refractivity contribution in [3.63, 3.8) is 0 Å². The molecule has 0 aromatic carbocycles. The number of carboxylic acids is 1. The van der Waals surface area contributed by atoms with Gasteiger partial charge in [0.25, 0.3) is 0 Å². The van der Waals surface area contributed by atoms with Gasteiger partial charge in [-0.05, 0) is 26.0 Å². The standard InChI is InChI=1S/C12H14N2O3S/c1-7(10-3-4-11(17-10)12(15)16)13-5-9-6-18-8(2)14-9/h3-4,6-7,13H,5H2,1-2H3,(H,15,16). The smallest absolute Gasteiger partial charge is 0.371 e. The Labute approximate surface area is 108 Å². The lowest BCUT2D eigenvalue weighted by Gasteiger charge is -2.09. The molecular formula is C12H14N2O3S. The first-order valence-corrected chi connectivity index (χ1v) is 6.41. The van der Waals surface area contributed by atoms with Gasteiger partial charge >= 0.3 is 5.97 Å². The van der Waals surface area contributed by atoms with Crippen LogP contribution < -0.4 is 5.32 Å². The van der Waals surface area contributed by atoms with E-state index in [0.717, 1.165) is 10.7 Å². The van der Waals surface area contributed by atoms with Crippen molar-refractivity contribution in [1.82, 2.24) is 10.3 Å². The van der Waals surface area contributed by atoms with E-state index >= 15 is 0 Å². The zero-order valence-electron chi connectivity index (χ0n) is 10.1. The molecule has 1 unspecified atom stereocenters. The van der Waals surface area contributed by atoms with Crippen molar-refractivity contribution in [3.05, 3.63) is 39.7 Å². The number of hydrogen-bond acceptors (Lipinski definition) is 5. The molecule has 0 bridgehead atoms. The molecule has 18 heavy (non-hydrogen) atoms. The molecule has 2 heterocycles. The second kappa shape index (κ2) is 5.32. The van der Waals surface area contributed by atoms with E-state index < -0.39 is 5.97 Å². The summed E-state index contributed by atoms with van der Waals surface area (Å²) in [5, 5.41) is 15.0. The Hall–Kier alpha value is -1.66. The number of furan rings is 1. The summed E-state index contributed by atoms with van der Waals surface area (Å²) in [5.41, 5.74) is 0.981. The molecule has 1 atom stereocenters. The van der Waals surface area contributed by atoms with Crippen molar-refractivity contribution < 1.29 is 14.3 Å². The van der Waals surface area contributed by atoms with Crippen LogP contribution in [0.4, 0.5) is 0 Å². The average Bonchev–Trinajstić information content (AvgIpc) is 2.94. The van der Waals surface area contributed by atoms with E-state index in [0.29, 0.717) is 12.3 Å². The highest BCUT2D eigenvalue weighted by molar-refractivity contribution is 7.09. The van der Waals surface area contributed by atoms with Crippen LogP contribution in [0, 0.1) is 6.92 Å². The Morgan fingerprint density at radius 1 is 1.61 bits per heavy atom. The fraction of sp³-hybridized carbons (Fsp3) is 0.333. The van der Waals surface area contributed by atoms with Gasteiger partial charge in [-0.25, -0.2) is 9.78 Å². The summed E-state index contributed by atoms with van der Waals surface area (Å²) in [4.78, 5) is 15.0. The molecule has 2 aromatic rings. The van der Waals surface area contributed by atoms with Crippen LogP contribution in [-0.4, -0.2) is 16.1 Å². The van der Waals surface area contributed by atoms with Gasteiger partial charge in [-0.15, -0.1) is 11.3 Å². The Morgan fingerprint density at radius 3 is 2.94 bits per heavy atom. The van der Waals surface area contributed by atoms with Crippen LogP contribution in [0.5, 0.6) is 0 Å². The zero-order chi connectivity index (χ0) is 13.1. The first-order chi connectivity index (χ1) is 8.56. The second-order valence-electron chi connectivity index (χ2n) is 3.97. The van der Waals surface area contributed by atoms with Gasteiger partial charge in [0, 0.05) is 11.9 Å². The van der Waals surface area contributed by atoms with Gasteiger partial charge in [0.05, 0.1) is 16.7 Å². The van der Waals surface area contributed by atoms with Crippen molar-refractivity contribution in [2.75, 3.05) is 0 Å². The number of rotatable bonds is 5. The van der Waals surface area contributed by atoms with E-state index in [9.17, 15) is 4.79 Å². The van der Waals surface area contributed by atoms with Crippen LogP contribution in [0.2, 0.25) is 0 Å². The summed E-state index contributed by atoms with van der Waals surface area (Å²) in [6.07, 6.45) is 0. The molecule has 0 aliphatic carbocycles. The third kappa shape index (κ3) is 2.96. The molecule has 6 heteroatoms.